The highest BCUT2D eigenvalue weighted by Gasteiger charge is 2.57. The highest BCUT2D eigenvalue weighted by molar-refractivity contribution is 8.01. The number of thioether (sulfide) groups is 1. The Morgan fingerprint density at radius 3 is 2.22 bits per heavy atom. The van der Waals surface area contributed by atoms with Crippen molar-refractivity contribution in [2.75, 3.05) is 5.75 Å². The average Bonchev–Trinajstić information content (AvgIpc) is 2.17. The Hall–Kier alpha value is 0.270. The fourth-order valence-electron chi connectivity index (χ4n) is 1.42. The molecule has 0 aromatic carbocycles. The van der Waals surface area contributed by atoms with Gasteiger partial charge >= 0.3 is 0 Å². The third-order valence-electron chi connectivity index (χ3n) is 2.13. The van der Waals surface area contributed by atoms with Gasteiger partial charge in [0.05, 0.1) is 12.2 Å². The van der Waals surface area contributed by atoms with Gasteiger partial charge in [-0.1, -0.05) is 0 Å². The molecule has 52 valence electrons. The molecule has 2 N–H and O–H groups in total. The summed E-state index contributed by atoms with van der Waals surface area (Å²) in [5.41, 5.74) is 0. The van der Waals surface area contributed by atoms with E-state index in [1.54, 1.807) is 11.8 Å². The Kier molecular flexibility index (Phi) is 1.10. The van der Waals surface area contributed by atoms with Crippen molar-refractivity contribution in [1.29, 1.82) is 0 Å². The van der Waals surface area contributed by atoms with Crippen LogP contribution in [0.5, 0.6) is 0 Å². The summed E-state index contributed by atoms with van der Waals surface area (Å²) in [5, 5.41) is 18.2. The number of rotatable bonds is 0. The molecule has 1 spiro atoms. The van der Waals surface area contributed by atoms with Crippen LogP contribution in [0, 0.1) is 0 Å². The summed E-state index contributed by atoms with van der Waals surface area (Å²) >= 11 is 1.73. The minimum absolute atomic E-state index is 0.0966. The van der Waals surface area contributed by atoms with Crippen LogP contribution >= 0.6 is 11.8 Å². The molecule has 1 unspecified atom stereocenters. The lowest BCUT2D eigenvalue weighted by Gasteiger charge is -2.01. The second-order valence-corrected chi connectivity index (χ2v) is 4.39. The quantitative estimate of drug-likeness (QED) is 0.505. The van der Waals surface area contributed by atoms with Gasteiger partial charge in [0, 0.05) is 10.5 Å². The molecule has 9 heavy (non-hydrogen) atoms. The molecule has 0 aromatic heterocycles. The van der Waals surface area contributed by atoms with E-state index < -0.39 is 0 Å². The minimum Gasteiger partial charge on any atom is -0.392 e. The van der Waals surface area contributed by atoms with Gasteiger partial charge in [-0.25, -0.2) is 0 Å². The fraction of sp³-hybridized carbons (Fsp3) is 1.00. The van der Waals surface area contributed by atoms with E-state index in [9.17, 15) is 0 Å². The molecule has 0 amide bonds. The van der Waals surface area contributed by atoms with Crippen molar-refractivity contribution >= 4 is 11.8 Å². The van der Waals surface area contributed by atoms with Gasteiger partial charge in [0.1, 0.15) is 0 Å². The van der Waals surface area contributed by atoms with Crippen LogP contribution in [0.2, 0.25) is 0 Å². The molecule has 2 aliphatic rings. The lowest BCUT2D eigenvalue weighted by Crippen LogP contribution is -2.09. The molecular weight excluding hydrogens is 136 g/mol. The van der Waals surface area contributed by atoms with Gasteiger partial charge in [0.2, 0.25) is 0 Å². The summed E-state index contributed by atoms with van der Waals surface area (Å²) in [6.07, 6.45) is 1.42. The summed E-state index contributed by atoms with van der Waals surface area (Å²) in [7, 11) is 0. The van der Waals surface area contributed by atoms with E-state index in [1.807, 2.05) is 0 Å². The standard InChI is InChI=1S/C6H10O2S/c7-4-1-6(9-3-4)2-5(6)8/h4-5,7-8H,1-3H2/t4-,5-,6?/m0/s1. The normalized spacial score (nSPS) is 56.7. The first kappa shape index (κ1) is 6.01. The van der Waals surface area contributed by atoms with Crippen LogP contribution in [-0.2, 0) is 0 Å². The predicted molar refractivity (Wildman–Crippen MR) is 36.4 cm³/mol. The molecule has 1 aliphatic carbocycles. The molecule has 2 fully saturated rings. The molecule has 1 aliphatic heterocycles. The summed E-state index contributed by atoms with van der Waals surface area (Å²) in [6, 6.07) is 0. The summed E-state index contributed by atoms with van der Waals surface area (Å²) in [5.74, 6) is 0.817. The molecule has 2 nitrogen and oxygen atoms in total. The zero-order chi connectivity index (χ0) is 6.48. The summed E-state index contributed by atoms with van der Waals surface area (Å²) < 4.78 is 0.0966. The van der Waals surface area contributed by atoms with Crippen molar-refractivity contribution < 1.29 is 10.2 Å². The molecule has 1 saturated carbocycles. The fourth-order valence-corrected chi connectivity index (χ4v) is 2.84. The second-order valence-electron chi connectivity index (χ2n) is 2.95. The van der Waals surface area contributed by atoms with Crippen LogP contribution < -0.4 is 0 Å². The Labute approximate surface area is 58.3 Å². The molecular formula is C6H10O2S. The van der Waals surface area contributed by atoms with Crippen LogP contribution in [0.4, 0.5) is 0 Å². The van der Waals surface area contributed by atoms with Crippen molar-refractivity contribution in [3.63, 3.8) is 0 Å². The smallest absolute Gasteiger partial charge is 0.0703 e. The summed E-state index contributed by atoms with van der Waals surface area (Å²) in [6.45, 7) is 0. The van der Waals surface area contributed by atoms with Gasteiger partial charge in [0.15, 0.2) is 0 Å². The van der Waals surface area contributed by atoms with Crippen molar-refractivity contribution in [2.45, 2.75) is 29.8 Å². The third-order valence-corrected chi connectivity index (χ3v) is 3.86. The SMILES string of the molecule is O[C@@H]1CSC2(C1)C[C@@H]2O. The Balaban J connectivity index is 2.03. The molecule has 0 aromatic rings. The maximum atomic E-state index is 9.10. The van der Waals surface area contributed by atoms with Crippen LogP contribution in [0.1, 0.15) is 12.8 Å². The van der Waals surface area contributed by atoms with Crippen molar-refractivity contribution in [3.05, 3.63) is 0 Å². The van der Waals surface area contributed by atoms with E-state index in [0.717, 1.165) is 18.6 Å². The lowest BCUT2D eigenvalue weighted by molar-refractivity contribution is 0.183. The van der Waals surface area contributed by atoms with E-state index in [2.05, 4.69) is 0 Å². The minimum atomic E-state index is -0.160. The van der Waals surface area contributed by atoms with Crippen molar-refractivity contribution in [2.24, 2.45) is 0 Å². The Morgan fingerprint density at radius 2 is 2.00 bits per heavy atom. The topological polar surface area (TPSA) is 40.5 Å². The van der Waals surface area contributed by atoms with Crippen LogP contribution in [0.3, 0.4) is 0 Å². The molecule has 0 radical (unpaired) electrons. The first-order valence-corrected chi connectivity index (χ1v) is 4.22. The van der Waals surface area contributed by atoms with Crippen LogP contribution in [-0.4, -0.2) is 32.9 Å². The number of aliphatic hydroxyl groups is 2. The number of aliphatic hydroxyl groups excluding tert-OH is 2. The number of hydrogen-bond acceptors (Lipinski definition) is 3. The largest absolute Gasteiger partial charge is 0.392 e. The molecule has 3 heteroatoms. The Bertz CT molecular complexity index is 137. The van der Waals surface area contributed by atoms with Gasteiger partial charge in [0.25, 0.3) is 0 Å². The van der Waals surface area contributed by atoms with E-state index >= 15 is 0 Å². The third kappa shape index (κ3) is 0.791. The molecule has 1 heterocycles. The molecule has 1 saturated heterocycles. The van der Waals surface area contributed by atoms with Crippen molar-refractivity contribution in [3.8, 4) is 0 Å². The van der Waals surface area contributed by atoms with Gasteiger partial charge in [-0.15, -0.1) is 11.8 Å². The van der Waals surface area contributed by atoms with Crippen LogP contribution in [0.15, 0.2) is 0 Å². The van der Waals surface area contributed by atoms with Crippen LogP contribution in [0.25, 0.3) is 0 Å². The average molecular weight is 146 g/mol. The van der Waals surface area contributed by atoms with Gasteiger partial charge < -0.3 is 10.2 Å². The van der Waals surface area contributed by atoms with Crippen molar-refractivity contribution in [1.82, 2.24) is 0 Å². The zero-order valence-electron chi connectivity index (χ0n) is 5.08. The van der Waals surface area contributed by atoms with Gasteiger partial charge in [-0.3, -0.25) is 0 Å². The zero-order valence-corrected chi connectivity index (χ0v) is 5.90. The maximum absolute atomic E-state index is 9.10. The van der Waals surface area contributed by atoms with E-state index in [0.29, 0.717) is 0 Å². The van der Waals surface area contributed by atoms with E-state index in [1.165, 1.54) is 0 Å². The molecule has 0 bridgehead atoms. The van der Waals surface area contributed by atoms with Gasteiger partial charge in [-0.05, 0) is 12.8 Å². The molecule has 3 atom stereocenters. The predicted octanol–water partition coefficient (Wildman–Crippen LogP) is -0.0124. The number of hydrogen-bond donors (Lipinski definition) is 2. The summed E-state index contributed by atoms with van der Waals surface area (Å²) in [4.78, 5) is 0. The first-order valence-electron chi connectivity index (χ1n) is 3.23. The maximum Gasteiger partial charge on any atom is 0.0703 e. The monoisotopic (exact) mass is 146 g/mol. The Morgan fingerprint density at radius 1 is 1.33 bits per heavy atom. The van der Waals surface area contributed by atoms with E-state index in [-0.39, 0.29) is 17.0 Å². The second kappa shape index (κ2) is 1.65. The highest BCUT2D eigenvalue weighted by Crippen LogP contribution is 2.56. The highest BCUT2D eigenvalue weighted by atomic mass is 32.2. The molecule has 2 rings (SSSR count). The van der Waals surface area contributed by atoms with E-state index in [4.69, 9.17) is 10.2 Å². The lowest BCUT2D eigenvalue weighted by atomic mass is 10.2. The first-order chi connectivity index (χ1) is 4.23. The van der Waals surface area contributed by atoms with Gasteiger partial charge in [-0.2, -0.15) is 0 Å².